The van der Waals surface area contributed by atoms with Gasteiger partial charge in [-0.3, -0.25) is 4.90 Å². The van der Waals surface area contributed by atoms with Crippen molar-refractivity contribution in [2.75, 3.05) is 13.6 Å². The van der Waals surface area contributed by atoms with E-state index in [-0.39, 0.29) is 0 Å². The number of alkyl halides is 3. The zero-order valence-electron chi connectivity index (χ0n) is 15.3. The molecule has 1 unspecified atom stereocenters. The highest BCUT2D eigenvalue weighted by Crippen LogP contribution is 2.39. The van der Waals surface area contributed by atoms with Crippen LogP contribution in [-0.2, 0) is 11.0 Å². The number of esters is 1. The predicted octanol–water partition coefficient (Wildman–Crippen LogP) is 4.63. The first-order valence-corrected chi connectivity index (χ1v) is 8.93. The lowest BCUT2D eigenvalue weighted by molar-refractivity contribution is -0.145. The van der Waals surface area contributed by atoms with E-state index in [0.717, 1.165) is 18.9 Å². The Kier molecular flexibility index (Phi) is 5.71. The molecule has 0 aromatic heterocycles. The molecule has 1 aliphatic rings. The van der Waals surface area contributed by atoms with Gasteiger partial charge in [-0.15, -0.1) is 0 Å². The number of benzene rings is 2. The molecule has 3 rings (SSSR count). The number of hydrogen-bond acceptors (Lipinski definition) is 4. The van der Waals surface area contributed by atoms with Crippen molar-refractivity contribution >= 4 is 5.97 Å². The van der Waals surface area contributed by atoms with Crippen molar-refractivity contribution in [1.29, 1.82) is 5.26 Å². The molecular weight excluding hydrogens is 369 g/mol. The molecule has 0 amide bonds. The van der Waals surface area contributed by atoms with Crippen LogP contribution in [0.2, 0.25) is 0 Å². The van der Waals surface area contributed by atoms with Crippen LogP contribution in [0.15, 0.2) is 42.5 Å². The van der Waals surface area contributed by atoms with Crippen LogP contribution >= 0.6 is 0 Å². The molecule has 0 aliphatic carbocycles. The van der Waals surface area contributed by atoms with E-state index in [1.807, 2.05) is 11.0 Å². The summed E-state index contributed by atoms with van der Waals surface area (Å²) >= 11 is 0. The topological polar surface area (TPSA) is 53.3 Å². The first-order valence-electron chi connectivity index (χ1n) is 8.93. The van der Waals surface area contributed by atoms with Crippen molar-refractivity contribution in [3.05, 3.63) is 53.6 Å². The lowest BCUT2D eigenvalue weighted by atomic mass is 10.0. The van der Waals surface area contributed by atoms with Crippen LogP contribution < -0.4 is 4.74 Å². The highest BCUT2D eigenvalue weighted by atomic mass is 19.4. The molecule has 1 aliphatic heterocycles. The second kappa shape index (κ2) is 8.03. The van der Waals surface area contributed by atoms with Gasteiger partial charge in [-0.2, -0.15) is 18.4 Å². The summed E-state index contributed by atoms with van der Waals surface area (Å²) in [6.07, 6.45) is -2.30. The SMILES string of the molecule is CN1CCCCC1C(=O)Oc1cc(-c2ccc(C#N)cc2)ccc1C(F)(F)F. The Hall–Kier alpha value is -2.85. The molecule has 1 atom stereocenters. The Bertz CT molecular complexity index is 901. The molecule has 1 fully saturated rings. The minimum atomic E-state index is -4.64. The summed E-state index contributed by atoms with van der Waals surface area (Å²) in [5.41, 5.74) is 0.552. The van der Waals surface area contributed by atoms with Crippen LogP contribution in [0, 0.1) is 11.3 Å². The summed E-state index contributed by atoms with van der Waals surface area (Å²) in [6.45, 7) is 0.706. The van der Waals surface area contributed by atoms with Gasteiger partial charge in [0.15, 0.2) is 0 Å². The molecule has 1 saturated heterocycles. The number of rotatable bonds is 3. The standard InChI is InChI=1S/C21H19F3N2O2/c1-26-11-3-2-4-18(26)20(27)28-19-12-16(9-10-17(19)21(22,23)24)15-7-5-14(13-25)6-8-15/h5-10,12,18H,2-4,11H2,1H3. The minimum absolute atomic E-state index is 0.447. The van der Waals surface area contributed by atoms with Gasteiger partial charge in [0.1, 0.15) is 11.8 Å². The lowest BCUT2D eigenvalue weighted by Crippen LogP contribution is -2.44. The van der Waals surface area contributed by atoms with Crippen LogP contribution in [0.3, 0.4) is 0 Å². The second-order valence-corrected chi connectivity index (χ2v) is 6.81. The maximum atomic E-state index is 13.4. The number of likely N-dealkylation sites (tertiary alicyclic amines) is 1. The predicted molar refractivity (Wildman–Crippen MR) is 97.5 cm³/mol. The van der Waals surface area contributed by atoms with Crippen molar-refractivity contribution in [3.63, 3.8) is 0 Å². The van der Waals surface area contributed by atoms with E-state index in [9.17, 15) is 18.0 Å². The molecule has 146 valence electrons. The number of nitriles is 1. The number of carbonyl (C=O) groups excluding carboxylic acids is 1. The smallest absolute Gasteiger partial charge is 0.419 e. The fourth-order valence-corrected chi connectivity index (χ4v) is 3.31. The Morgan fingerprint density at radius 3 is 2.43 bits per heavy atom. The molecule has 0 spiro atoms. The van der Waals surface area contributed by atoms with Crippen molar-refractivity contribution in [2.45, 2.75) is 31.5 Å². The first-order chi connectivity index (χ1) is 13.3. The van der Waals surface area contributed by atoms with E-state index < -0.39 is 29.5 Å². The van der Waals surface area contributed by atoms with Crippen LogP contribution in [-0.4, -0.2) is 30.5 Å². The molecule has 0 N–H and O–H groups in total. The van der Waals surface area contributed by atoms with Gasteiger partial charge in [-0.05, 0) is 61.8 Å². The Morgan fingerprint density at radius 1 is 1.14 bits per heavy atom. The van der Waals surface area contributed by atoms with Crippen LogP contribution in [0.1, 0.15) is 30.4 Å². The van der Waals surface area contributed by atoms with Crippen molar-refractivity contribution in [1.82, 2.24) is 4.90 Å². The summed E-state index contributed by atoms with van der Waals surface area (Å²) < 4.78 is 45.5. The third-order valence-electron chi connectivity index (χ3n) is 4.89. The molecule has 28 heavy (non-hydrogen) atoms. The van der Waals surface area contributed by atoms with Crippen molar-refractivity contribution < 1.29 is 22.7 Å². The fourth-order valence-electron chi connectivity index (χ4n) is 3.31. The summed E-state index contributed by atoms with van der Waals surface area (Å²) in [6, 6.07) is 11.4. The normalized spacial score (nSPS) is 17.8. The number of hydrogen-bond donors (Lipinski definition) is 0. The van der Waals surface area contributed by atoms with Gasteiger partial charge in [0.05, 0.1) is 17.2 Å². The minimum Gasteiger partial charge on any atom is -0.425 e. The van der Waals surface area contributed by atoms with Crippen LogP contribution in [0.5, 0.6) is 5.75 Å². The third kappa shape index (κ3) is 4.34. The molecule has 0 saturated carbocycles. The lowest BCUT2D eigenvalue weighted by Gasteiger charge is -2.30. The summed E-state index contributed by atoms with van der Waals surface area (Å²) in [5.74, 6) is -1.18. The number of carbonyl (C=O) groups is 1. The average molecular weight is 388 g/mol. The van der Waals surface area contributed by atoms with Crippen molar-refractivity contribution in [2.24, 2.45) is 0 Å². The molecule has 2 aromatic carbocycles. The Labute approximate surface area is 161 Å². The summed E-state index contributed by atoms with van der Waals surface area (Å²) in [4.78, 5) is 14.3. The van der Waals surface area contributed by atoms with Gasteiger partial charge in [0.2, 0.25) is 0 Å². The molecule has 7 heteroatoms. The highest BCUT2D eigenvalue weighted by molar-refractivity contribution is 5.79. The van der Waals surface area contributed by atoms with Gasteiger partial charge < -0.3 is 4.74 Å². The van der Waals surface area contributed by atoms with Gasteiger partial charge in [-0.25, -0.2) is 4.79 Å². The van der Waals surface area contributed by atoms with E-state index in [4.69, 9.17) is 10.00 Å². The second-order valence-electron chi connectivity index (χ2n) is 6.81. The molecule has 2 aromatic rings. The van der Waals surface area contributed by atoms with Crippen LogP contribution in [0.25, 0.3) is 11.1 Å². The van der Waals surface area contributed by atoms with Gasteiger partial charge in [0, 0.05) is 0 Å². The van der Waals surface area contributed by atoms with E-state index in [1.165, 1.54) is 12.1 Å². The molecular formula is C21H19F3N2O2. The molecule has 4 nitrogen and oxygen atoms in total. The average Bonchev–Trinajstić information content (AvgIpc) is 2.67. The first kappa shape index (κ1) is 19.9. The third-order valence-corrected chi connectivity index (χ3v) is 4.89. The highest BCUT2D eigenvalue weighted by Gasteiger charge is 2.36. The monoisotopic (exact) mass is 388 g/mol. The summed E-state index contributed by atoms with van der Waals surface area (Å²) in [5, 5.41) is 8.88. The van der Waals surface area contributed by atoms with Gasteiger partial charge in [-0.1, -0.05) is 24.6 Å². The number of ether oxygens (including phenoxy) is 1. The van der Waals surface area contributed by atoms with Crippen molar-refractivity contribution in [3.8, 4) is 22.9 Å². The largest absolute Gasteiger partial charge is 0.425 e. The van der Waals surface area contributed by atoms with Gasteiger partial charge >= 0.3 is 12.1 Å². The van der Waals surface area contributed by atoms with E-state index in [1.54, 1.807) is 31.3 Å². The number of nitrogens with zero attached hydrogens (tertiary/aromatic N) is 2. The van der Waals surface area contributed by atoms with E-state index >= 15 is 0 Å². The number of halogens is 3. The van der Waals surface area contributed by atoms with Crippen LogP contribution in [0.4, 0.5) is 13.2 Å². The maximum Gasteiger partial charge on any atom is 0.419 e. The Balaban J connectivity index is 1.94. The number of likely N-dealkylation sites (N-methyl/N-ethyl adjacent to an activating group) is 1. The number of piperidine rings is 1. The van der Waals surface area contributed by atoms with Gasteiger partial charge in [0.25, 0.3) is 0 Å². The van der Waals surface area contributed by atoms with E-state index in [0.29, 0.717) is 29.7 Å². The molecule has 1 heterocycles. The fraction of sp³-hybridized carbons (Fsp3) is 0.333. The van der Waals surface area contributed by atoms with E-state index in [2.05, 4.69) is 0 Å². The quantitative estimate of drug-likeness (QED) is 0.568. The zero-order valence-corrected chi connectivity index (χ0v) is 15.3. The zero-order chi connectivity index (χ0) is 20.3. The molecule has 0 radical (unpaired) electrons. The summed E-state index contributed by atoms with van der Waals surface area (Å²) in [7, 11) is 1.77. The maximum absolute atomic E-state index is 13.4. The molecule has 0 bridgehead atoms. The Morgan fingerprint density at radius 2 is 1.82 bits per heavy atom.